The lowest BCUT2D eigenvalue weighted by atomic mass is 10.1. The second-order valence-corrected chi connectivity index (χ2v) is 4.42. The van der Waals surface area contributed by atoms with Crippen molar-refractivity contribution in [3.8, 4) is 5.75 Å². The van der Waals surface area contributed by atoms with Crippen molar-refractivity contribution in [1.82, 2.24) is 5.32 Å². The van der Waals surface area contributed by atoms with Gasteiger partial charge in [0.1, 0.15) is 5.75 Å². The molecule has 1 aromatic carbocycles. The SMILES string of the molecule is COc1ccc(C(=O)NC(C)CCCO)c(C)c1. The molecule has 0 aliphatic heterocycles. The van der Waals surface area contributed by atoms with Gasteiger partial charge in [0.15, 0.2) is 0 Å². The van der Waals surface area contributed by atoms with E-state index in [1.165, 1.54) is 0 Å². The minimum Gasteiger partial charge on any atom is -0.497 e. The van der Waals surface area contributed by atoms with Crippen LogP contribution in [-0.4, -0.2) is 30.8 Å². The predicted molar refractivity (Wildman–Crippen MR) is 71.0 cm³/mol. The lowest BCUT2D eigenvalue weighted by Gasteiger charge is -2.14. The van der Waals surface area contributed by atoms with Gasteiger partial charge in [-0.2, -0.15) is 0 Å². The Morgan fingerprint density at radius 1 is 1.50 bits per heavy atom. The third kappa shape index (κ3) is 4.04. The van der Waals surface area contributed by atoms with Crippen molar-refractivity contribution < 1.29 is 14.6 Å². The van der Waals surface area contributed by atoms with Crippen molar-refractivity contribution in [3.05, 3.63) is 29.3 Å². The van der Waals surface area contributed by atoms with Gasteiger partial charge in [0, 0.05) is 18.2 Å². The van der Waals surface area contributed by atoms with Gasteiger partial charge in [-0.05, 0) is 50.5 Å². The van der Waals surface area contributed by atoms with Crippen LogP contribution in [0.5, 0.6) is 5.75 Å². The van der Waals surface area contributed by atoms with Gasteiger partial charge in [0.2, 0.25) is 0 Å². The smallest absolute Gasteiger partial charge is 0.251 e. The van der Waals surface area contributed by atoms with Crippen LogP contribution >= 0.6 is 0 Å². The van der Waals surface area contributed by atoms with Gasteiger partial charge in [0.05, 0.1) is 7.11 Å². The van der Waals surface area contributed by atoms with Crippen LogP contribution < -0.4 is 10.1 Å². The van der Waals surface area contributed by atoms with E-state index in [1.54, 1.807) is 19.2 Å². The summed E-state index contributed by atoms with van der Waals surface area (Å²) in [6.07, 6.45) is 1.47. The maximum absolute atomic E-state index is 12.0. The fourth-order valence-corrected chi connectivity index (χ4v) is 1.79. The number of ether oxygens (including phenoxy) is 1. The molecule has 100 valence electrons. The zero-order valence-electron chi connectivity index (χ0n) is 11.2. The molecule has 0 radical (unpaired) electrons. The largest absolute Gasteiger partial charge is 0.497 e. The molecule has 1 aromatic rings. The van der Waals surface area contributed by atoms with Crippen LogP contribution in [0.3, 0.4) is 0 Å². The molecule has 18 heavy (non-hydrogen) atoms. The number of aryl methyl sites for hydroxylation is 1. The van der Waals surface area contributed by atoms with Crippen LogP contribution in [0.15, 0.2) is 18.2 Å². The molecule has 0 fully saturated rings. The Morgan fingerprint density at radius 3 is 2.78 bits per heavy atom. The number of carbonyl (C=O) groups is 1. The molecule has 1 amide bonds. The van der Waals surface area contributed by atoms with E-state index in [4.69, 9.17) is 9.84 Å². The first-order chi connectivity index (χ1) is 8.58. The highest BCUT2D eigenvalue weighted by atomic mass is 16.5. The number of aliphatic hydroxyl groups is 1. The van der Waals surface area contributed by atoms with Crippen LogP contribution in [0, 0.1) is 6.92 Å². The number of rotatable bonds is 6. The highest BCUT2D eigenvalue weighted by Gasteiger charge is 2.12. The first-order valence-electron chi connectivity index (χ1n) is 6.15. The lowest BCUT2D eigenvalue weighted by molar-refractivity contribution is 0.0936. The second kappa shape index (κ2) is 7.01. The van der Waals surface area contributed by atoms with Gasteiger partial charge in [-0.3, -0.25) is 4.79 Å². The molecular formula is C14H21NO3. The molecule has 0 bridgehead atoms. The molecule has 1 rings (SSSR count). The predicted octanol–water partition coefficient (Wildman–Crippen LogP) is 1.89. The zero-order chi connectivity index (χ0) is 13.5. The van der Waals surface area contributed by atoms with Crippen molar-refractivity contribution in [2.45, 2.75) is 32.7 Å². The van der Waals surface area contributed by atoms with Gasteiger partial charge in [-0.15, -0.1) is 0 Å². The topological polar surface area (TPSA) is 58.6 Å². The highest BCUT2D eigenvalue weighted by molar-refractivity contribution is 5.95. The van der Waals surface area contributed by atoms with E-state index < -0.39 is 0 Å². The summed E-state index contributed by atoms with van der Waals surface area (Å²) < 4.78 is 5.10. The Hall–Kier alpha value is -1.55. The average Bonchev–Trinajstić information content (AvgIpc) is 2.35. The molecule has 4 nitrogen and oxygen atoms in total. The molecule has 0 saturated heterocycles. The Kier molecular flexibility index (Phi) is 5.65. The van der Waals surface area contributed by atoms with E-state index in [9.17, 15) is 4.79 Å². The van der Waals surface area contributed by atoms with E-state index in [1.807, 2.05) is 19.9 Å². The van der Waals surface area contributed by atoms with Crippen LogP contribution in [0.25, 0.3) is 0 Å². The maximum atomic E-state index is 12.0. The van der Waals surface area contributed by atoms with Crippen molar-refractivity contribution in [3.63, 3.8) is 0 Å². The minimum absolute atomic E-state index is 0.0613. The molecule has 1 unspecified atom stereocenters. The first-order valence-corrected chi connectivity index (χ1v) is 6.15. The number of benzene rings is 1. The summed E-state index contributed by atoms with van der Waals surface area (Å²) in [5, 5.41) is 11.7. The number of methoxy groups -OCH3 is 1. The number of hydrogen-bond donors (Lipinski definition) is 2. The molecule has 1 atom stereocenters. The highest BCUT2D eigenvalue weighted by Crippen LogP contribution is 2.17. The minimum atomic E-state index is -0.0828. The molecular weight excluding hydrogens is 230 g/mol. The van der Waals surface area contributed by atoms with E-state index in [-0.39, 0.29) is 18.6 Å². The van der Waals surface area contributed by atoms with Crippen LogP contribution in [0.1, 0.15) is 35.7 Å². The van der Waals surface area contributed by atoms with Gasteiger partial charge in [0.25, 0.3) is 5.91 Å². The van der Waals surface area contributed by atoms with E-state index >= 15 is 0 Å². The van der Waals surface area contributed by atoms with E-state index in [2.05, 4.69) is 5.32 Å². The Morgan fingerprint density at radius 2 is 2.22 bits per heavy atom. The summed E-state index contributed by atoms with van der Waals surface area (Å²) in [7, 11) is 1.60. The van der Waals surface area contributed by atoms with Gasteiger partial charge in [-0.25, -0.2) is 0 Å². The molecule has 0 aliphatic rings. The molecule has 0 saturated carbocycles. The third-order valence-electron chi connectivity index (χ3n) is 2.85. The monoisotopic (exact) mass is 251 g/mol. The standard InChI is InChI=1S/C14H21NO3/c1-10-9-12(18-3)6-7-13(10)14(17)15-11(2)5-4-8-16/h6-7,9,11,16H,4-5,8H2,1-3H3,(H,15,17). The van der Waals surface area contributed by atoms with Crippen LogP contribution in [0.4, 0.5) is 0 Å². The summed E-state index contributed by atoms with van der Waals surface area (Å²) in [5.41, 5.74) is 1.55. The van der Waals surface area contributed by atoms with Crippen molar-refractivity contribution >= 4 is 5.91 Å². The summed E-state index contributed by atoms with van der Waals surface area (Å²) in [5.74, 6) is 0.665. The first kappa shape index (κ1) is 14.5. The maximum Gasteiger partial charge on any atom is 0.251 e. The second-order valence-electron chi connectivity index (χ2n) is 4.42. The summed E-state index contributed by atoms with van der Waals surface area (Å²) in [6, 6.07) is 5.45. The lowest BCUT2D eigenvalue weighted by Crippen LogP contribution is -2.33. The fraction of sp³-hybridized carbons (Fsp3) is 0.500. The quantitative estimate of drug-likeness (QED) is 0.811. The fourth-order valence-electron chi connectivity index (χ4n) is 1.79. The number of nitrogens with one attached hydrogen (secondary N) is 1. The van der Waals surface area contributed by atoms with E-state index in [0.717, 1.165) is 17.7 Å². The summed E-state index contributed by atoms with van der Waals surface area (Å²) >= 11 is 0. The Balaban J connectivity index is 2.66. The van der Waals surface area contributed by atoms with Gasteiger partial charge < -0.3 is 15.2 Å². The number of amides is 1. The Bertz CT molecular complexity index is 404. The Labute approximate surface area is 108 Å². The number of hydrogen-bond acceptors (Lipinski definition) is 3. The molecule has 0 heterocycles. The van der Waals surface area contributed by atoms with Crippen molar-refractivity contribution in [2.24, 2.45) is 0 Å². The summed E-state index contributed by atoms with van der Waals surface area (Å²) in [6.45, 7) is 3.98. The number of aliphatic hydroxyl groups excluding tert-OH is 1. The van der Waals surface area contributed by atoms with E-state index in [0.29, 0.717) is 12.0 Å². The van der Waals surface area contributed by atoms with Crippen molar-refractivity contribution in [1.29, 1.82) is 0 Å². The van der Waals surface area contributed by atoms with Gasteiger partial charge in [-0.1, -0.05) is 0 Å². The third-order valence-corrected chi connectivity index (χ3v) is 2.85. The molecule has 4 heteroatoms. The van der Waals surface area contributed by atoms with Crippen LogP contribution in [-0.2, 0) is 0 Å². The molecule has 0 aliphatic carbocycles. The molecule has 0 aromatic heterocycles. The molecule has 2 N–H and O–H groups in total. The van der Waals surface area contributed by atoms with Gasteiger partial charge >= 0.3 is 0 Å². The summed E-state index contributed by atoms with van der Waals surface area (Å²) in [4.78, 5) is 12.0. The average molecular weight is 251 g/mol. The molecule has 0 spiro atoms. The van der Waals surface area contributed by atoms with Crippen LogP contribution in [0.2, 0.25) is 0 Å². The van der Waals surface area contributed by atoms with Crippen molar-refractivity contribution in [2.75, 3.05) is 13.7 Å². The zero-order valence-corrected chi connectivity index (χ0v) is 11.2. The number of carbonyl (C=O) groups excluding carboxylic acids is 1. The normalized spacial score (nSPS) is 12.0.